The highest BCUT2D eigenvalue weighted by molar-refractivity contribution is 7.98. The van der Waals surface area contributed by atoms with Crippen molar-refractivity contribution in [1.82, 2.24) is 5.32 Å². The van der Waals surface area contributed by atoms with E-state index in [2.05, 4.69) is 97.3 Å². The second-order valence-corrected chi connectivity index (χ2v) is 8.23. The summed E-state index contributed by atoms with van der Waals surface area (Å²) in [4.78, 5) is 1.29. The average Bonchev–Trinajstić information content (AvgIpc) is 2.73. The van der Waals surface area contributed by atoms with Crippen LogP contribution in [0.25, 0.3) is 0 Å². The molecule has 0 unspecified atom stereocenters. The Morgan fingerprint density at radius 1 is 0.929 bits per heavy atom. The summed E-state index contributed by atoms with van der Waals surface area (Å²) in [5.41, 5.74) is 4.82. The highest BCUT2D eigenvalue weighted by Crippen LogP contribution is 2.23. The largest absolute Gasteiger partial charge is 0.356 e. The molecule has 1 atom stereocenters. The predicted molar refractivity (Wildman–Crippen MR) is 126 cm³/mol. The smallest absolute Gasteiger partial charge is 0.171 e. The number of aryl methyl sites for hydroxylation is 1. The minimum Gasteiger partial charge on any atom is -0.356 e. The van der Waals surface area contributed by atoms with Crippen molar-refractivity contribution < 1.29 is 0 Å². The molecule has 0 saturated carbocycles. The van der Waals surface area contributed by atoms with Gasteiger partial charge in [0.25, 0.3) is 0 Å². The topological polar surface area (TPSA) is 24.1 Å². The van der Waals surface area contributed by atoms with E-state index in [-0.39, 0.29) is 6.04 Å². The Labute approximate surface area is 177 Å². The van der Waals surface area contributed by atoms with Crippen LogP contribution in [0.15, 0.2) is 83.8 Å². The minimum absolute atomic E-state index is 0.210. The van der Waals surface area contributed by atoms with Gasteiger partial charge in [0.15, 0.2) is 5.11 Å². The van der Waals surface area contributed by atoms with E-state index >= 15 is 0 Å². The first kappa shape index (κ1) is 20.4. The second-order valence-electron chi connectivity index (χ2n) is 6.77. The molecule has 0 heterocycles. The van der Waals surface area contributed by atoms with Crippen LogP contribution in [0.5, 0.6) is 0 Å². The lowest BCUT2D eigenvalue weighted by molar-refractivity contribution is 0.629. The zero-order valence-electron chi connectivity index (χ0n) is 16.3. The monoisotopic (exact) mass is 406 g/mol. The molecule has 28 heavy (non-hydrogen) atoms. The van der Waals surface area contributed by atoms with Gasteiger partial charge in [0.1, 0.15) is 0 Å². The molecule has 0 bridgehead atoms. The second kappa shape index (κ2) is 10.3. The van der Waals surface area contributed by atoms with Gasteiger partial charge in [0, 0.05) is 16.3 Å². The lowest BCUT2D eigenvalue weighted by Crippen LogP contribution is -2.32. The number of nitrogens with one attached hydrogen (secondary N) is 2. The molecular formula is C24H26N2S2. The molecule has 0 aliphatic carbocycles. The predicted octanol–water partition coefficient (Wildman–Crippen LogP) is 6.73. The number of thioether (sulfide) groups is 1. The Morgan fingerprint density at radius 3 is 2.25 bits per heavy atom. The molecule has 0 saturated heterocycles. The molecular weight excluding hydrogens is 380 g/mol. The summed E-state index contributed by atoms with van der Waals surface area (Å²) in [5.74, 6) is 0.957. The summed E-state index contributed by atoms with van der Waals surface area (Å²) in [6.45, 7) is 4.27. The maximum absolute atomic E-state index is 5.53. The fourth-order valence-electron chi connectivity index (χ4n) is 2.91. The number of hydrogen-bond acceptors (Lipinski definition) is 2. The average molecular weight is 407 g/mol. The van der Waals surface area contributed by atoms with Crippen molar-refractivity contribution in [2.75, 3.05) is 5.32 Å². The van der Waals surface area contributed by atoms with Crippen LogP contribution in [0, 0.1) is 6.92 Å². The van der Waals surface area contributed by atoms with E-state index in [9.17, 15) is 0 Å². The van der Waals surface area contributed by atoms with Gasteiger partial charge in [-0.15, -0.1) is 11.8 Å². The molecule has 3 aromatic carbocycles. The van der Waals surface area contributed by atoms with Crippen LogP contribution in [0.2, 0.25) is 0 Å². The number of hydrogen-bond donors (Lipinski definition) is 2. The normalized spacial score (nSPS) is 11.6. The zero-order chi connectivity index (χ0) is 19.8. The highest BCUT2D eigenvalue weighted by Gasteiger charge is 2.10. The summed E-state index contributed by atoms with van der Waals surface area (Å²) < 4.78 is 0. The van der Waals surface area contributed by atoms with Crippen molar-refractivity contribution in [3.8, 4) is 0 Å². The van der Waals surface area contributed by atoms with Crippen molar-refractivity contribution in [3.05, 3.63) is 95.6 Å². The first-order valence-corrected chi connectivity index (χ1v) is 10.9. The Kier molecular flexibility index (Phi) is 7.52. The first-order valence-electron chi connectivity index (χ1n) is 9.55. The fourth-order valence-corrected chi connectivity index (χ4v) is 4.05. The molecule has 3 rings (SSSR count). The Morgan fingerprint density at radius 2 is 1.61 bits per heavy atom. The van der Waals surface area contributed by atoms with E-state index in [4.69, 9.17) is 12.2 Å². The van der Waals surface area contributed by atoms with Crippen LogP contribution in [-0.2, 0) is 5.75 Å². The van der Waals surface area contributed by atoms with Gasteiger partial charge in [0.2, 0.25) is 0 Å². The Hall–Kier alpha value is -2.30. The van der Waals surface area contributed by atoms with Crippen LogP contribution in [0.4, 0.5) is 5.69 Å². The maximum Gasteiger partial charge on any atom is 0.171 e. The molecule has 0 fully saturated rings. The Bertz CT molecular complexity index is 875. The SMILES string of the molecule is CC[C@@H](NC(=S)Nc1ccc(CSc2ccccc2)cc1)c1ccc(C)cc1. The van der Waals surface area contributed by atoms with Crippen LogP contribution in [0.3, 0.4) is 0 Å². The molecule has 144 valence electrons. The summed E-state index contributed by atoms with van der Waals surface area (Å²) in [5, 5.41) is 7.38. The Balaban J connectivity index is 1.52. The zero-order valence-corrected chi connectivity index (χ0v) is 17.9. The van der Waals surface area contributed by atoms with E-state index in [0.717, 1.165) is 17.9 Å². The summed E-state index contributed by atoms with van der Waals surface area (Å²) in [7, 11) is 0. The van der Waals surface area contributed by atoms with Crippen molar-refractivity contribution in [1.29, 1.82) is 0 Å². The van der Waals surface area contributed by atoms with E-state index in [0.29, 0.717) is 5.11 Å². The minimum atomic E-state index is 0.210. The third-order valence-electron chi connectivity index (χ3n) is 4.55. The number of anilines is 1. The van der Waals surface area contributed by atoms with Gasteiger partial charge >= 0.3 is 0 Å². The summed E-state index contributed by atoms with van der Waals surface area (Å²) in [6.07, 6.45) is 0.973. The van der Waals surface area contributed by atoms with Gasteiger partial charge in [-0.3, -0.25) is 0 Å². The first-order chi connectivity index (χ1) is 13.6. The molecule has 0 aromatic heterocycles. The van der Waals surface area contributed by atoms with Gasteiger partial charge in [-0.1, -0.05) is 67.1 Å². The van der Waals surface area contributed by atoms with Gasteiger partial charge < -0.3 is 10.6 Å². The van der Waals surface area contributed by atoms with Crippen molar-refractivity contribution in [2.45, 2.75) is 37.0 Å². The summed E-state index contributed by atoms with van der Waals surface area (Å²) in [6, 6.07) is 27.8. The van der Waals surface area contributed by atoms with Gasteiger partial charge in [-0.05, 0) is 61.0 Å². The maximum atomic E-state index is 5.53. The highest BCUT2D eigenvalue weighted by atomic mass is 32.2. The van der Waals surface area contributed by atoms with E-state index < -0.39 is 0 Å². The van der Waals surface area contributed by atoms with Crippen molar-refractivity contribution in [3.63, 3.8) is 0 Å². The molecule has 3 aromatic rings. The molecule has 2 nitrogen and oxygen atoms in total. The lowest BCUT2D eigenvalue weighted by atomic mass is 10.0. The van der Waals surface area contributed by atoms with Gasteiger partial charge in [-0.2, -0.15) is 0 Å². The number of benzene rings is 3. The van der Waals surface area contributed by atoms with Crippen LogP contribution < -0.4 is 10.6 Å². The fraction of sp³-hybridized carbons (Fsp3) is 0.208. The third kappa shape index (κ3) is 6.11. The van der Waals surface area contributed by atoms with Crippen LogP contribution in [-0.4, -0.2) is 5.11 Å². The van der Waals surface area contributed by atoms with Crippen molar-refractivity contribution in [2.24, 2.45) is 0 Å². The van der Waals surface area contributed by atoms with Crippen LogP contribution >= 0.6 is 24.0 Å². The lowest BCUT2D eigenvalue weighted by Gasteiger charge is -2.20. The van der Waals surface area contributed by atoms with Crippen LogP contribution in [0.1, 0.15) is 36.1 Å². The standard InChI is InChI=1S/C24H26N2S2/c1-3-23(20-13-9-18(2)10-14-20)26-24(27)25-21-15-11-19(12-16-21)17-28-22-7-5-4-6-8-22/h4-16,23H,3,17H2,1-2H3,(H2,25,26,27)/t23-/m1/s1. The number of thiocarbonyl (C=S) groups is 1. The van der Waals surface area contributed by atoms with Crippen molar-refractivity contribution >= 4 is 34.8 Å². The molecule has 2 N–H and O–H groups in total. The third-order valence-corrected chi connectivity index (χ3v) is 5.86. The molecule has 4 heteroatoms. The molecule has 0 aliphatic heterocycles. The molecule has 0 spiro atoms. The molecule has 0 radical (unpaired) electrons. The summed E-state index contributed by atoms with van der Waals surface area (Å²) >= 11 is 7.37. The van der Waals surface area contributed by atoms with E-state index in [1.165, 1.54) is 21.6 Å². The van der Waals surface area contributed by atoms with Gasteiger partial charge in [-0.25, -0.2) is 0 Å². The quantitative estimate of drug-likeness (QED) is 0.336. The number of rotatable bonds is 7. The molecule has 0 aliphatic rings. The molecule has 0 amide bonds. The van der Waals surface area contributed by atoms with E-state index in [1.54, 1.807) is 0 Å². The van der Waals surface area contributed by atoms with Gasteiger partial charge in [0.05, 0.1) is 6.04 Å². The van der Waals surface area contributed by atoms with E-state index in [1.807, 2.05) is 17.8 Å².